The summed E-state index contributed by atoms with van der Waals surface area (Å²) >= 11 is 1.06. The Bertz CT molecular complexity index is 2010. The highest BCUT2D eigenvalue weighted by atomic mass is 32.1. The van der Waals surface area contributed by atoms with Crippen LogP contribution < -0.4 is 5.32 Å². The molecule has 0 saturated heterocycles. The number of hydrogen-bond acceptors (Lipinski definition) is 6. The lowest BCUT2D eigenvalue weighted by atomic mass is 10.1. The zero-order chi connectivity index (χ0) is 27.1. The lowest BCUT2D eigenvalue weighted by Crippen LogP contribution is -2.14. The van der Waals surface area contributed by atoms with E-state index in [-0.39, 0.29) is 17.5 Å². The third-order valence-electron chi connectivity index (χ3n) is 6.60. The lowest BCUT2D eigenvalue weighted by molar-refractivity contribution is -0.115. The number of nitrogens with zero attached hydrogens (tertiary/aromatic N) is 4. The molecule has 0 aliphatic rings. The number of aromatic amines is 2. The van der Waals surface area contributed by atoms with Crippen LogP contribution >= 0.6 is 11.3 Å². The van der Waals surface area contributed by atoms with Crippen molar-refractivity contribution in [2.45, 2.75) is 6.42 Å². The summed E-state index contributed by atoms with van der Waals surface area (Å²) in [7, 11) is 0. The minimum absolute atomic E-state index is 0.117. The van der Waals surface area contributed by atoms with Crippen molar-refractivity contribution in [3.05, 3.63) is 102 Å². The van der Waals surface area contributed by atoms with Gasteiger partial charge in [-0.2, -0.15) is 9.49 Å². The van der Waals surface area contributed by atoms with Crippen LogP contribution in [0.15, 0.2) is 91.5 Å². The van der Waals surface area contributed by atoms with E-state index in [1.807, 2.05) is 54.6 Å². The fraction of sp³-hybridized carbons (Fsp3) is 0.0333. The Kier molecular flexibility index (Phi) is 5.86. The fourth-order valence-electron chi connectivity index (χ4n) is 4.74. The molecule has 6 heterocycles. The summed E-state index contributed by atoms with van der Waals surface area (Å²) in [6.45, 7) is 0. The van der Waals surface area contributed by atoms with Crippen LogP contribution in [0.5, 0.6) is 0 Å². The maximum Gasteiger partial charge on any atom is 0.228 e. The van der Waals surface area contributed by atoms with Gasteiger partial charge in [0.2, 0.25) is 5.91 Å². The number of carbonyl (C=O) groups is 1. The monoisotopic (exact) mass is 545 g/mol. The van der Waals surface area contributed by atoms with E-state index in [1.165, 1.54) is 6.07 Å². The summed E-state index contributed by atoms with van der Waals surface area (Å²) in [5.74, 6) is -0.117. The molecular formula is C30H20FN7OS. The van der Waals surface area contributed by atoms with E-state index in [2.05, 4.69) is 35.5 Å². The zero-order valence-electron chi connectivity index (χ0n) is 20.9. The largest absolute Gasteiger partial charge is 0.353 e. The van der Waals surface area contributed by atoms with Crippen LogP contribution in [0, 0.1) is 5.13 Å². The number of halogens is 1. The Morgan fingerprint density at radius 2 is 1.80 bits per heavy atom. The van der Waals surface area contributed by atoms with Crippen molar-refractivity contribution < 1.29 is 9.18 Å². The van der Waals surface area contributed by atoms with Crippen molar-refractivity contribution in [2.24, 2.45) is 0 Å². The van der Waals surface area contributed by atoms with E-state index < -0.39 is 0 Å². The molecule has 8 nitrogen and oxygen atoms in total. The number of thiophene rings is 1. The fourth-order valence-corrected chi connectivity index (χ4v) is 5.48. The van der Waals surface area contributed by atoms with Gasteiger partial charge in [-0.3, -0.25) is 19.9 Å². The Morgan fingerprint density at radius 1 is 0.925 bits per heavy atom. The number of pyridine rings is 3. The third kappa shape index (κ3) is 4.50. The molecule has 1 aromatic carbocycles. The number of aromatic nitrogens is 6. The molecule has 0 fully saturated rings. The van der Waals surface area contributed by atoms with Gasteiger partial charge in [-0.25, -0.2) is 4.98 Å². The number of benzene rings is 1. The number of rotatable bonds is 6. The Labute approximate surface area is 231 Å². The summed E-state index contributed by atoms with van der Waals surface area (Å²) < 4.78 is 13.7. The predicted octanol–water partition coefficient (Wildman–Crippen LogP) is 6.61. The van der Waals surface area contributed by atoms with Gasteiger partial charge in [0.1, 0.15) is 0 Å². The van der Waals surface area contributed by atoms with Crippen molar-refractivity contribution in [3.8, 4) is 33.1 Å². The van der Waals surface area contributed by atoms with Gasteiger partial charge >= 0.3 is 0 Å². The normalized spacial score (nSPS) is 11.3. The predicted molar refractivity (Wildman–Crippen MR) is 154 cm³/mol. The van der Waals surface area contributed by atoms with E-state index in [0.717, 1.165) is 60.6 Å². The van der Waals surface area contributed by atoms with Crippen LogP contribution in [0.1, 0.15) is 5.56 Å². The van der Waals surface area contributed by atoms with Gasteiger partial charge in [0.05, 0.1) is 40.3 Å². The average Bonchev–Trinajstić information content (AvgIpc) is 3.71. The van der Waals surface area contributed by atoms with Crippen molar-refractivity contribution in [2.75, 3.05) is 5.32 Å². The molecule has 7 rings (SSSR count). The number of hydrogen-bond donors (Lipinski definition) is 3. The number of H-pyrrole nitrogens is 2. The molecular weight excluding hydrogens is 525 g/mol. The summed E-state index contributed by atoms with van der Waals surface area (Å²) in [4.78, 5) is 30.1. The molecule has 10 heteroatoms. The second-order valence-electron chi connectivity index (χ2n) is 9.27. The molecule has 0 radical (unpaired) electrons. The number of nitrogens with one attached hydrogen (secondary N) is 3. The highest BCUT2D eigenvalue weighted by Gasteiger charge is 2.16. The van der Waals surface area contributed by atoms with Crippen molar-refractivity contribution >= 4 is 44.9 Å². The Balaban J connectivity index is 1.21. The molecule has 6 aromatic heterocycles. The maximum absolute atomic E-state index is 13.7. The minimum Gasteiger partial charge on any atom is -0.353 e. The van der Waals surface area contributed by atoms with Gasteiger partial charge in [0.15, 0.2) is 10.8 Å². The second-order valence-corrected chi connectivity index (χ2v) is 10.3. The molecule has 0 bridgehead atoms. The zero-order valence-corrected chi connectivity index (χ0v) is 21.7. The van der Waals surface area contributed by atoms with Crippen molar-refractivity contribution in [3.63, 3.8) is 0 Å². The molecule has 194 valence electrons. The standard InChI is InChI=1S/C30H20FN7OS/c31-26-7-6-25(40-26)29-21-13-24(36-23(21)8-9-33-29)28-22-12-19(15-34-30(22)38-37-28)18-11-20(16-32-14-18)35-27(39)10-17-4-2-1-3-5-17/h1-9,11-16,36H,10H2,(H,35,39)(H,34,37,38). The number of fused-ring (bicyclic) bond motifs is 2. The Morgan fingerprint density at radius 3 is 2.65 bits per heavy atom. The minimum atomic E-state index is -0.253. The third-order valence-corrected chi connectivity index (χ3v) is 7.48. The first-order valence-corrected chi connectivity index (χ1v) is 13.3. The van der Waals surface area contributed by atoms with Crippen LogP contribution in [0.25, 0.3) is 55.0 Å². The van der Waals surface area contributed by atoms with E-state index >= 15 is 0 Å². The van der Waals surface area contributed by atoms with Crippen LogP contribution in [0.4, 0.5) is 10.1 Å². The lowest BCUT2D eigenvalue weighted by Gasteiger charge is -2.07. The van der Waals surface area contributed by atoms with E-state index in [0.29, 0.717) is 17.0 Å². The molecule has 0 aliphatic carbocycles. The van der Waals surface area contributed by atoms with Gasteiger partial charge in [-0.05, 0) is 42.0 Å². The molecule has 0 spiro atoms. The quantitative estimate of drug-likeness (QED) is 0.218. The van der Waals surface area contributed by atoms with E-state index in [4.69, 9.17) is 0 Å². The maximum atomic E-state index is 13.7. The molecule has 7 aromatic rings. The number of carbonyl (C=O) groups excluding carboxylic acids is 1. The van der Waals surface area contributed by atoms with Gasteiger partial charge in [-0.1, -0.05) is 30.3 Å². The highest BCUT2D eigenvalue weighted by molar-refractivity contribution is 7.13. The number of amides is 1. The summed E-state index contributed by atoms with van der Waals surface area (Å²) in [5, 5.41) is 11.9. The van der Waals surface area contributed by atoms with Crippen LogP contribution in [-0.4, -0.2) is 36.0 Å². The average molecular weight is 546 g/mol. The first-order chi connectivity index (χ1) is 19.6. The molecule has 0 aliphatic heterocycles. The summed E-state index contributed by atoms with van der Waals surface area (Å²) in [5.41, 5.74) is 6.91. The van der Waals surface area contributed by atoms with Gasteiger partial charge in [-0.15, -0.1) is 11.3 Å². The molecule has 40 heavy (non-hydrogen) atoms. The summed E-state index contributed by atoms with van der Waals surface area (Å²) in [6.07, 6.45) is 7.07. The van der Waals surface area contributed by atoms with Crippen LogP contribution in [0.2, 0.25) is 0 Å². The van der Waals surface area contributed by atoms with Gasteiger partial charge < -0.3 is 10.3 Å². The molecule has 1 amide bonds. The number of anilines is 1. The van der Waals surface area contributed by atoms with E-state index in [1.54, 1.807) is 30.9 Å². The second kappa shape index (κ2) is 9.83. The smallest absolute Gasteiger partial charge is 0.228 e. The molecule has 3 N–H and O–H groups in total. The topological polar surface area (TPSA) is 112 Å². The first kappa shape index (κ1) is 23.9. The van der Waals surface area contributed by atoms with Gasteiger partial charge in [0, 0.05) is 46.0 Å². The van der Waals surface area contributed by atoms with Gasteiger partial charge in [0.25, 0.3) is 0 Å². The Hall–Kier alpha value is -5.22. The molecule has 0 saturated carbocycles. The van der Waals surface area contributed by atoms with E-state index in [9.17, 15) is 9.18 Å². The SMILES string of the molecule is O=C(Cc1ccccc1)Nc1cncc(-c2cnc3n[nH]c(-c4cc5c(-c6ccc(F)s6)nccc5[nH]4)c3c2)c1. The highest BCUT2D eigenvalue weighted by Crippen LogP contribution is 2.35. The first-order valence-electron chi connectivity index (χ1n) is 12.5. The molecule has 0 unspecified atom stereocenters. The van der Waals surface area contributed by atoms with Crippen LogP contribution in [0.3, 0.4) is 0 Å². The van der Waals surface area contributed by atoms with Crippen molar-refractivity contribution in [1.82, 2.24) is 30.1 Å². The summed E-state index contributed by atoms with van der Waals surface area (Å²) in [6, 6.07) is 20.5. The van der Waals surface area contributed by atoms with Crippen molar-refractivity contribution in [1.29, 1.82) is 0 Å². The molecule has 0 atom stereocenters. The van der Waals surface area contributed by atoms with Crippen LogP contribution in [-0.2, 0) is 11.2 Å².